The molecule has 0 aliphatic carbocycles. The maximum atomic E-state index is 14.3. The Morgan fingerprint density at radius 3 is 2.42 bits per heavy atom. The summed E-state index contributed by atoms with van der Waals surface area (Å²) >= 11 is 12.4. The number of hydrogen-bond donors (Lipinski definition) is 1. The minimum atomic E-state index is -1.27. The number of carboxylic acids is 1. The third-order valence-electron chi connectivity index (χ3n) is 7.40. The Hall–Kier alpha value is -4.10. The van der Waals surface area contributed by atoms with Gasteiger partial charge in [-0.25, -0.2) is 14.5 Å². The number of likely N-dealkylation sites (tertiary alicyclic amines) is 1. The van der Waals surface area contributed by atoms with Crippen LogP contribution in [0.5, 0.6) is 5.75 Å². The van der Waals surface area contributed by atoms with Crippen molar-refractivity contribution in [2.75, 3.05) is 31.6 Å². The number of imide groups is 1. The highest BCUT2D eigenvalue weighted by Crippen LogP contribution is 2.47. The molecule has 5 rings (SSSR count). The number of carbonyl (C=O) groups is 3. The summed E-state index contributed by atoms with van der Waals surface area (Å²) in [6, 6.07) is 20.3. The van der Waals surface area contributed by atoms with Crippen molar-refractivity contribution in [2.24, 2.45) is 0 Å². The Balaban J connectivity index is 1.55. The van der Waals surface area contributed by atoms with Crippen LogP contribution < -0.4 is 9.64 Å². The van der Waals surface area contributed by atoms with Crippen molar-refractivity contribution >= 4 is 46.8 Å². The van der Waals surface area contributed by atoms with Gasteiger partial charge in [-0.15, -0.1) is 0 Å². The summed E-state index contributed by atoms with van der Waals surface area (Å²) in [6.07, 6.45) is 0. The van der Waals surface area contributed by atoms with Crippen LogP contribution in [0.15, 0.2) is 66.7 Å². The molecular weight excluding hydrogens is 555 g/mol. The molecule has 2 saturated heterocycles. The fraction of sp³-hybridized carbons (Fsp3) is 0.241. The van der Waals surface area contributed by atoms with E-state index in [0.717, 1.165) is 16.0 Å². The molecule has 1 spiro atoms. The highest BCUT2D eigenvalue weighted by Gasteiger charge is 2.64. The first kappa shape index (κ1) is 27.5. The lowest BCUT2D eigenvalue weighted by molar-refractivity contribution is -0.139. The van der Waals surface area contributed by atoms with Crippen molar-refractivity contribution < 1.29 is 24.2 Å². The minimum absolute atomic E-state index is 0.205. The number of urea groups is 1. The van der Waals surface area contributed by atoms with Crippen LogP contribution in [0.1, 0.15) is 22.6 Å². The number of nitriles is 1. The first-order valence-electron chi connectivity index (χ1n) is 12.4. The van der Waals surface area contributed by atoms with Crippen molar-refractivity contribution in [2.45, 2.75) is 18.0 Å². The molecule has 9 nitrogen and oxygen atoms in total. The Kier molecular flexibility index (Phi) is 7.43. The Labute approximate surface area is 240 Å². The lowest BCUT2D eigenvalue weighted by Gasteiger charge is -2.34. The summed E-state index contributed by atoms with van der Waals surface area (Å²) in [6.45, 7) is 0.480. The number of carboxylic acid groups (broad SMARTS) is 1. The number of rotatable bonds is 7. The normalized spacial score (nSPS) is 20.8. The molecule has 2 atom stereocenters. The zero-order valence-corrected chi connectivity index (χ0v) is 22.9. The van der Waals surface area contributed by atoms with Gasteiger partial charge in [-0.1, -0.05) is 53.5 Å². The highest BCUT2D eigenvalue weighted by atomic mass is 35.5. The number of nitrogens with zero attached hydrogens (tertiary/aromatic N) is 4. The van der Waals surface area contributed by atoms with Gasteiger partial charge in [0.05, 0.1) is 17.3 Å². The van der Waals surface area contributed by atoms with Crippen LogP contribution >= 0.6 is 23.2 Å². The molecule has 3 amide bonds. The second-order valence-corrected chi connectivity index (χ2v) is 10.7. The molecule has 2 fully saturated rings. The van der Waals surface area contributed by atoms with Crippen LogP contribution in [0.2, 0.25) is 10.0 Å². The smallest absolute Gasteiger partial charge is 0.341 e. The molecule has 204 valence electrons. The van der Waals surface area contributed by atoms with Crippen molar-refractivity contribution in [1.29, 1.82) is 5.26 Å². The quantitative estimate of drug-likeness (QED) is 0.402. The summed E-state index contributed by atoms with van der Waals surface area (Å²) in [4.78, 5) is 43.7. The van der Waals surface area contributed by atoms with E-state index in [1.165, 1.54) is 23.1 Å². The number of para-hydroxylation sites is 1. The van der Waals surface area contributed by atoms with Crippen LogP contribution in [-0.4, -0.2) is 65.1 Å². The number of amides is 3. The van der Waals surface area contributed by atoms with E-state index in [4.69, 9.17) is 33.0 Å². The van der Waals surface area contributed by atoms with Gasteiger partial charge in [-0.05, 0) is 42.0 Å². The van der Waals surface area contributed by atoms with Crippen LogP contribution in [-0.2, 0) is 16.1 Å². The van der Waals surface area contributed by atoms with Crippen LogP contribution in [0, 0.1) is 11.3 Å². The minimum Gasteiger partial charge on any atom is -0.482 e. The van der Waals surface area contributed by atoms with Crippen LogP contribution in [0.4, 0.5) is 10.5 Å². The van der Waals surface area contributed by atoms with E-state index in [9.17, 15) is 19.6 Å². The molecule has 1 N–H and O–H groups in total. The highest BCUT2D eigenvalue weighted by molar-refractivity contribution is 6.35. The van der Waals surface area contributed by atoms with Gasteiger partial charge in [0.25, 0.3) is 5.91 Å². The standard InChI is InChI=1S/C29H24Cl2N4O5/c1-33-28(39)35(23-11-21(30)10-22(31)12-23)27(38)29(33)17-34(15-24(29)19-8-6-18(13-32)7-9-19)14-20-4-2-3-5-25(20)40-16-26(36)37/h2-12,24H,14-17H2,1H3,(H,36,37)/t24-,29+/m0/s1. The number of benzene rings is 3. The van der Waals surface area contributed by atoms with Gasteiger partial charge in [0.1, 0.15) is 11.3 Å². The molecule has 0 saturated carbocycles. The Bertz CT molecular complexity index is 1520. The molecule has 2 aliphatic rings. The van der Waals surface area contributed by atoms with Crippen molar-refractivity contribution in [1.82, 2.24) is 9.80 Å². The molecule has 0 radical (unpaired) electrons. The number of hydrogen-bond acceptors (Lipinski definition) is 6. The topological polar surface area (TPSA) is 114 Å². The lowest BCUT2D eigenvalue weighted by Crippen LogP contribution is -2.53. The summed E-state index contributed by atoms with van der Waals surface area (Å²) < 4.78 is 5.50. The predicted molar refractivity (Wildman–Crippen MR) is 149 cm³/mol. The summed E-state index contributed by atoms with van der Waals surface area (Å²) in [7, 11) is 1.61. The molecular formula is C29H24Cl2N4O5. The third kappa shape index (κ3) is 4.86. The van der Waals surface area contributed by atoms with E-state index >= 15 is 0 Å². The third-order valence-corrected chi connectivity index (χ3v) is 7.83. The van der Waals surface area contributed by atoms with E-state index in [0.29, 0.717) is 34.4 Å². The number of carbonyl (C=O) groups excluding carboxylic acids is 2. The second kappa shape index (κ2) is 10.8. The second-order valence-electron chi connectivity index (χ2n) is 9.78. The Morgan fingerprint density at radius 1 is 1.10 bits per heavy atom. The van der Waals surface area contributed by atoms with E-state index in [2.05, 4.69) is 6.07 Å². The zero-order chi connectivity index (χ0) is 28.6. The first-order valence-corrected chi connectivity index (χ1v) is 13.1. The molecule has 11 heteroatoms. The summed E-state index contributed by atoms with van der Waals surface area (Å²) in [5.74, 6) is -1.51. The zero-order valence-electron chi connectivity index (χ0n) is 21.4. The number of likely N-dealkylation sites (N-methyl/N-ethyl adjacent to an activating group) is 1. The molecule has 0 bridgehead atoms. The van der Waals surface area contributed by atoms with Crippen molar-refractivity contribution in [3.8, 4) is 11.8 Å². The molecule has 2 aliphatic heterocycles. The molecule has 2 heterocycles. The van der Waals surface area contributed by atoms with Crippen LogP contribution in [0.25, 0.3) is 0 Å². The number of anilines is 1. The molecule has 0 aromatic heterocycles. The summed E-state index contributed by atoms with van der Waals surface area (Å²) in [5.41, 5.74) is 1.04. The van der Waals surface area contributed by atoms with E-state index in [-0.39, 0.29) is 12.2 Å². The van der Waals surface area contributed by atoms with E-state index < -0.39 is 36.0 Å². The maximum Gasteiger partial charge on any atom is 0.341 e. The monoisotopic (exact) mass is 578 g/mol. The summed E-state index contributed by atoms with van der Waals surface area (Å²) in [5, 5.41) is 18.9. The number of ether oxygens (including phenoxy) is 1. The van der Waals surface area contributed by atoms with Crippen molar-refractivity contribution in [3.63, 3.8) is 0 Å². The van der Waals surface area contributed by atoms with E-state index in [1.807, 2.05) is 29.2 Å². The first-order chi connectivity index (χ1) is 19.1. The van der Waals surface area contributed by atoms with E-state index in [1.54, 1.807) is 31.3 Å². The SMILES string of the molecule is CN1C(=O)N(c2cc(Cl)cc(Cl)c2)C(=O)[C@]12CN(Cc1ccccc1OCC(=O)O)C[C@H]2c1ccc(C#N)cc1. The average Bonchev–Trinajstić information content (AvgIpc) is 3.39. The molecule has 3 aromatic carbocycles. The van der Waals surface area contributed by atoms with Gasteiger partial charge in [-0.3, -0.25) is 9.69 Å². The van der Waals surface area contributed by atoms with Gasteiger partial charge in [0.15, 0.2) is 6.61 Å². The number of halogens is 2. The van der Waals surface area contributed by atoms with Gasteiger partial charge in [0, 0.05) is 48.2 Å². The molecule has 0 unspecified atom stereocenters. The van der Waals surface area contributed by atoms with Gasteiger partial charge in [0.2, 0.25) is 0 Å². The largest absolute Gasteiger partial charge is 0.482 e. The van der Waals surface area contributed by atoms with Crippen LogP contribution in [0.3, 0.4) is 0 Å². The molecule has 3 aromatic rings. The van der Waals surface area contributed by atoms with Gasteiger partial charge < -0.3 is 14.7 Å². The van der Waals surface area contributed by atoms with Gasteiger partial charge in [-0.2, -0.15) is 5.26 Å². The fourth-order valence-electron chi connectivity index (χ4n) is 5.57. The maximum absolute atomic E-state index is 14.3. The number of aliphatic carboxylic acids is 1. The van der Waals surface area contributed by atoms with Crippen molar-refractivity contribution in [3.05, 3.63) is 93.5 Å². The van der Waals surface area contributed by atoms with Gasteiger partial charge >= 0.3 is 12.0 Å². The Morgan fingerprint density at radius 2 is 1.77 bits per heavy atom. The predicted octanol–water partition coefficient (Wildman–Crippen LogP) is 4.77. The average molecular weight is 579 g/mol. The fourth-order valence-corrected chi connectivity index (χ4v) is 6.08. The molecule has 40 heavy (non-hydrogen) atoms. The lowest BCUT2D eigenvalue weighted by atomic mass is 9.80.